The maximum Gasteiger partial charge on any atom is 1.00 e. The van der Waals surface area contributed by atoms with Crippen LogP contribution in [0.15, 0.2) is 18.3 Å². The number of hydrogen-bond donors (Lipinski definition) is 0. The molecule has 15 heavy (non-hydrogen) atoms. The van der Waals surface area contributed by atoms with E-state index in [2.05, 4.69) is 25.7 Å². The second-order valence-electron chi connectivity index (χ2n) is 4.16. The Morgan fingerprint density at radius 1 is 1.47 bits per heavy atom. The molecule has 0 atom stereocenters. The van der Waals surface area contributed by atoms with Crippen LogP contribution in [0.5, 0.6) is 0 Å². The summed E-state index contributed by atoms with van der Waals surface area (Å²) < 4.78 is 7.57. The molecule has 0 N–H and O–H groups in total. The monoisotopic (exact) mass is 214 g/mol. The van der Waals surface area contributed by atoms with Gasteiger partial charge in [-0.1, -0.05) is 5.69 Å². The molecule has 0 amide bonds. The molecule has 76 valence electrons. The Labute approximate surface area is 104 Å². The molecule has 0 spiro atoms. The van der Waals surface area contributed by atoms with Gasteiger partial charge >= 0.3 is 18.9 Å². The first-order valence-corrected chi connectivity index (χ1v) is 7.92. The van der Waals surface area contributed by atoms with Crippen LogP contribution in [0.25, 0.3) is 0 Å². The first kappa shape index (κ1) is 14.4. The molecule has 3 nitrogen and oxygen atoms in total. The Kier molecular flexibility index (Phi) is 5.27. The summed E-state index contributed by atoms with van der Waals surface area (Å²) in [5.74, 6) is 0. The number of nitrogens with zero attached hydrogens (tertiary/aromatic N) is 2. The van der Waals surface area contributed by atoms with Crippen LogP contribution >= 0.6 is 0 Å². The van der Waals surface area contributed by atoms with Gasteiger partial charge in [0, 0.05) is 19.2 Å². The van der Waals surface area contributed by atoms with Crippen molar-refractivity contribution < 1.29 is 23.3 Å². The zero-order valence-electron chi connectivity index (χ0n) is 10.0. The summed E-state index contributed by atoms with van der Waals surface area (Å²) in [5, 5.41) is 8.98. The summed E-state index contributed by atoms with van der Waals surface area (Å²) >= 11 is 0. The summed E-state index contributed by atoms with van der Waals surface area (Å²) in [7, 11) is 0.210. The smallest absolute Gasteiger partial charge is 0.464 e. The zero-order valence-corrected chi connectivity index (χ0v) is 11.0. The fourth-order valence-corrected chi connectivity index (χ4v) is 1.90. The molecule has 0 bridgehead atoms. The predicted octanol–water partition coefficient (Wildman–Crippen LogP) is -0.716. The van der Waals surface area contributed by atoms with E-state index >= 15 is 0 Å². The van der Waals surface area contributed by atoms with Crippen molar-refractivity contribution >= 4 is 8.32 Å². The summed E-state index contributed by atoms with van der Waals surface area (Å²) in [4.78, 5) is 0. The summed E-state index contributed by atoms with van der Waals surface area (Å²) in [6.07, 6.45) is 2.33. The second-order valence-corrected chi connectivity index (χ2v) is 8.59. The number of aromatic nitrogens is 1. The summed E-state index contributed by atoms with van der Waals surface area (Å²) in [6.45, 7) is 6.19. The van der Waals surface area contributed by atoms with Crippen molar-refractivity contribution in [3.8, 4) is 6.07 Å². The zero-order chi connectivity index (χ0) is 10.8. The molecule has 0 saturated carbocycles. The Morgan fingerprint density at radius 2 is 2.07 bits per heavy atom. The van der Waals surface area contributed by atoms with Gasteiger partial charge in [-0.2, -0.15) is 6.07 Å². The first-order valence-electron chi connectivity index (χ1n) is 4.52. The minimum Gasteiger partial charge on any atom is -0.464 e. The van der Waals surface area contributed by atoms with E-state index in [0.717, 1.165) is 5.69 Å². The molecule has 5 heteroatoms. The fourth-order valence-electron chi connectivity index (χ4n) is 1.14. The molecule has 0 aliphatic carbocycles. The Hall–Kier alpha value is -0.586. The van der Waals surface area contributed by atoms with E-state index in [4.69, 9.17) is 9.69 Å². The molecule has 0 unspecified atom stereocenters. The number of rotatable bonds is 3. The van der Waals surface area contributed by atoms with E-state index in [9.17, 15) is 0 Å². The molecule has 1 aromatic heterocycles. The molecular formula is C10H15LiN2OSi. The molecule has 0 aromatic carbocycles. The van der Waals surface area contributed by atoms with Gasteiger partial charge in [0.15, 0.2) is 8.32 Å². The van der Waals surface area contributed by atoms with E-state index in [0.29, 0.717) is 6.10 Å². The van der Waals surface area contributed by atoms with Crippen molar-refractivity contribution in [2.75, 3.05) is 0 Å². The van der Waals surface area contributed by atoms with Crippen LogP contribution < -0.4 is 18.9 Å². The quantitative estimate of drug-likeness (QED) is 0.492. The molecule has 1 aromatic rings. The summed E-state index contributed by atoms with van der Waals surface area (Å²) in [6, 6.07) is 5.90. The fraction of sp³-hybridized carbons (Fsp3) is 0.400. The summed E-state index contributed by atoms with van der Waals surface area (Å²) in [5.41, 5.74) is 0.843. The van der Waals surface area contributed by atoms with Crippen LogP contribution in [0.3, 0.4) is 0 Å². The molecule has 1 rings (SSSR count). The minimum absolute atomic E-state index is 0. The molecule has 0 aliphatic heterocycles. The Morgan fingerprint density at radius 3 is 2.40 bits per heavy atom. The molecule has 0 saturated heterocycles. The van der Waals surface area contributed by atoms with Gasteiger partial charge in [-0.25, -0.2) is 5.26 Å². The van der Waals surface area contributed by atoms with Gasteiger partial charge in [0.25, 0.3) is 0 Å². The Balaban J connectivity index is 0.00000196. The van der Waals surface area contributed by atoms with Gasteiger partial charge in [-0.05, 0) is 25.8 Å². The van der Waals surface area contributed by atoms with Gasteiger partial charge in [-0.15, -0.1) is 6.07 Å². The maximum atomic E-state index is 8.98. The van der Waals surface area contributed by atoms with E-state index in [1.54, 1.807) is 0 Å². The minimum atomic E-state index is -1.69. The van der Waals surface area contributed by atoms with Crippen LogP contribution in [-0.2, 0) is 11.5 Å². The average Bonchev–Trinajstić information content (AvgIpc) is 2.45. The standard InChI is InChI=1S/C10H15N2OSi.Li/c1-12-7-5-6-9(12)10(8-11)13-14(2,3)4;/h5-7H,1-4H3;/q-1;+1. The predicted molar refractivity (Wildman–Crippen MR) is 57.8 cm³/mol. The van der Waals surface area contributed by atoms with Crippen molar-refractivity contribution in [2.45, 2.75) is 19.6 Å². The SMILES string of the molecule is Cn1cccc1[C-](C#N)O[Si](C)(C)C.[Li+]. The van der Waals surface area contributed by atoms with Gasteiger partial charge in [0.2, 0.25) is 0 Å². The number of nitriles is 1. The normalized spacial score (nSPS) is 10.3. The van der Waals surface area contributed by atoms with E-state index in [1.807, 2.05) is 29.9 Å². The van der Waals surface area contributed by atoms with Crippen LogP contribution in [0, 0.1) is 17.4 Å². The third kappa shape index (κ3) is 4.19. The molecule has 1 heterocycles. The second kappa shape index (κ2) is 5.48. The van der Waals surface area contributed by atoms with Crippen LogP contribution in [0.4, 0.5) is 0 Å². The molecule has 0 aliphatic rings. The van der Waals surface area contributed by atoms with Gasteiger partial charge in [-0.3, -0.25) is 0 Å². The number of hydrogen-bond acceptors (Lipinski definition) is 2. The Bertz CT molecular complexity index is 351. The van der Waals surface area contributed by atoms with E-state index in [-0.39, 0.29) is 18.9 Å². The third-order valence-corrected chi connectivity index (χ3v) is 2.50. The van der Waals surface area contributed by atoms with E-state index in [1.165, 1.54) is 0 Å². The van der Waals surface area contributed by atoms with Crippen molar-refractivity contribution in [3.05, 3.63) is 30.1 Å². The van der Waals surface area contributed by atoms with Crippen molar-refractivity contribution in [2.24, 2.45) is 7.05 Å². The van der Waals surface area contributed by atoms with Crippen LogP contribution in [-0.4, -0.2) is 12.9 Å². The molecular weight excluding hydrogens is 199 g/mol. The topological polar surface area (TPSA) is 38.0 Å². The van der Waals surface area contributed by atoms with Crippen molar-refractivity contribution in [1.82, 2.24) is 4.57 Å². The van der Waals surface area contributed by atoms with Crippen molar-refractivity contribution in [1.29, 1.82) is 5.26 Å². The third-order valence-electron chi connectivity index (χ3n) is 1.69. The molecule has 0 radical (unpaired) electrons. The van der Waals surface area contributed by atoms with E-state index < -0.39 is 8.32 Å². The van der Waals surface area contributed by atoms with Crippen LogP contribution in [0.2, 0.25) is 19.6 Å². The largest absolute Gasteiger partial charge is 1.00 e. The average molecular weight is 214 g/mol. The van der Waals surface area contributed by atoms with Crippen LogP contribution in [0.1, 0.15) is 5.69 Å². The maximum absolute atomic E-state index is 8.98. The van der Waals surface area contributed by atoms with Gasteiger partial charge in [0.1, 0.15) is 0 Å². The van der Waals surface area contributed by atoms with Crippen molar-refractivity contribution in [3.63, 3.8) is 0 Å². The van der Waals surface area contributed by atoms with Gasteiger partial charge < -0.3 is 8.99 Å². The number of aryl methyl sites for hydroxylation is 1. The van der Waals surface area contributed by atoms with Gasteiger partial charge in [0.05, 0.1) is 0 Å². The first-order chi connectivity index (χ1) is 6.44. The molecule has 0 fully saturated rings.